The van der Waals surface area contributed by atoms with Crippen LogP contribution in [0.3, 0.4) is 0 Å². The van der Waals surface area contributed by atoms with Gasteiger partial charge in [-0.2, -0.15) is 0 Å². The summed E-state index contributed by atoms with van der Waals surface area (Å²) in [5.74, 6) is 1.15. The van der Waals surface area contributed by atoms with Gasteiger partial charge in [0, 0.05) is 35.4 Å². The molecule has 3 nitrogen and oxygen atoms in total. The molecule has 0 N–H and O–H groups in total. The lowest BCUT2D eigenvalue weighted by Gasteiger charge is -2.37. The summed E-state index contributed by atoms with van der Waals surface area (Å²) < 4.78 is 0. The van der Waals surface area contributed by atoms with Crippen LogP contribution in [0.25, 0.3) is 10.9 Å². The predicted octanol–water partition coefficient (Wildman–Crippen LogP) is 3.66. The number of likely N-dealkylation sites (N-methyl/N-ethyl adjacent to an activating group) is 1. The van der Waals surface area contributed by atoms with E-state index in [2.05, 4.69) is 70.2 Å². The number of benzene rings is 1. The van der Waals surface area contributed by atoms with Crippen LogP contribution in [0.4, 0.5) is 5.82 Å². The van der Waals surface area contributed by atoms with E-state index in [0.29, 0.717) is 6.04 Å². The topological polar surface area (TPSA) is 19.4 Å². The minimum absolute atomic E-state index is 0.621. The molecule has 0 saturated carbocycles. The molecule has 2 aromatic rings. The lowest BCUT2D eigenvalue weighted by molar-refractivity contribution is 0.257. The van der Waals surface area contributed by atoms with Crippen molar-refractivity contribution in [3.63, 3.8) is 0 Å². The van der Waals surface area contributed by atoms with Gasteiger partial charge in [-0.1, -0.05) is 34.1 Å². The molecule has 1 aromatic heterocycles. The van der Waals surface area contributed by atoms with Crippen molar-refractivity contribution in [2.24, 2.45) is 0 Å². The van der Waals surface area contributed by atoms with Gasteiger partial charge in [0.1, 0.15) is 5.82 Å². The van der Waals surface area contributed by atoms with Crippen LogP contribution >= 0.6 is 15.9 Å². The number of anilines is 1. The Morgan fingerprint density at radius 2 is 2.14 bits per heavy atom. The molecule has 4 heteroatoms. The van der Waals surface area contributed by atoms with Crippen molar-refractivity contribution in [3.05, 3.63) is 35.9 Å². The van der Waals surface area contributed by atoms with E-state index in [1.807, 2.05) is 0 Å². The average Bonchev–Trinajstić information content (AvgIpc) is 2.53. The summed E-state index contributed by atoms with van der Waals surface area (Å²) in [5, 5.41) is 2.07. The number of hydrogen-bond acceptors (Lipinski definition) is 3. The van der Waals surface area contributed by atoms with Crippen molar-refractivity contribution >= 4 is 32.7 Å². The summed E-state index contributed by atoms with van der Waals surface area (Å²) in [6, 6.07) is 11.3. The van der Waals surface area contributed by atoms with Crippen molar-refractivity contribution in [3.8, 4) is 0 Å². The first-order chi connectivity index (χ1) is 10.2. The standard InChI is InChI=1S/C17H22BrN3/c1-20(2)15-7-5-9-21(12-15)17-14(11-18)10-13-6-3-4-8-16(13)19-17/h3-4,6,8,10,15H,5,7,9,11-12H2,1-2H3. The van der Waals surface area contributed by atoms with Gasteiger partial charge in [0.05, 0.1) is 5.52 Å². The SMILES string of the molecule is CN(C)C1CCCN(c2nc3ccccc3cc2CBr)C1. The van der Waals surface area contributed by atoms with E-state index in [0.717, 1.165) is 29.8 Å². The van der Waals surface area contributed by atoms with Crippen LogP contribution in [0.2, 0.25) is 0 Å². The number of nitrogens with zero attached hydrogens (tertiary/aromatic N) is 3. The van der Waals surface area contributed by atoms with Crippen LogP contribution in [0.5, 0.6) is 0 Å². The molecule has 0 aliphatic carbocycles. The lowest BCUT2D eigenvalue weighted by atomic mass is 10.0. The Hall–Kier alpha value is -1.13. The zero-order valence-corrected chi connectivity index (χ0v) is 14.3. The number of hydrogen-bond donors (Lipinski definition) is 0. The summed E-state index contributed by atoms with van der Waals surface area (Å²) >= 11 is 3.63. The molecule has 1 saturated heterocycles. The van der Waals surface area contributed by atoms with Gasteiger partial charge >= 0.3 is 0 Å². The molecule has 1 aliphatic heterocycles. The smallest absolute Gasteiger partial charge is 0.133 e. The van der Waals surface area contributed by atoms with E-state index in [-0.39, 0.29) is 0 Å². The Bertz CT molecular complexity index is 626. The highest BCUT2D eigenvalue weighted by molar-refractivity contribution is 9.08. The van der Waals surface area contributed by atoms with E-state index >= 15 is 0 Å². The number of fused-ring (bicyclic) bond motifs is 1. The maximum Gasteiger partial charge on any atom is 0.133 e. The second-order valence-electron chi connectivity index (χ2n) is 6.00. The molecular formula is C17H22BrN3. The van der Waals surface area contributed by atoms with Crippen LogP contribution in [-0.2, 0) is 5.33 Å². The number of pyridine rings is 1. The molecular weight excluding hydrogens is 326 g/mol. The van der Waals surface area contributed by atoms with Gasteiger partial charge in [0.2, 0.25) is 0 Å². The fraction of sp³-hybridized carbons (Fsp3) is 0.471. The minimum atomic E-state index is 0.621. The second kappa shape index (κ2) is 6.32. The molecule has 112 valence electrons. The van der Waals surface area contributed by atoms with Crippen LogP contribution < -0.4 is 4.90 Å². The van der Waals surface area contributed by atoms with Gasteiger partial charge in [-0.25, -0.2) is 4.98 Å². The summed E-state index contributed by atoms with van der Waals surface area (Å²) in [4.78, 5) is 9.73. The summed E-state index contributed by atoms with van der Waals surface area (Å²) in [7, 11) is 4.35. The summed E-state index contributed by atoms with van der Waals surface area (Å²) in [5.41, 5.74) is 2.37. The van der Waals surface area contributed by atoms with Crippen molar-refractivity contribution in [2.75, 3.05) is 32.1 Å². The maximum absolute atomic E-state index is 4.94. The Labute approximate surface area is 135 Å². The van der Waals surface area contributed by atoms with Gasteiger partial charge in [-0.05, 0) is 39.1 Å². The quantitative estimate of drug-likeness (QED) is 0.789. The lowest BCUT2D eigenvalue weighted by Crippen LogP contribution is -2.45. The first-order valence-corrected chi connectivity index (χ1v) is 8.67. The Morgan fingerprint density at radius 3 is 2.90 bits per heavy atom. The van der Waals surface area contributed by atoms with E-state index in [4.69, 9.17) is 4.98 Å². The summed E-state index contributed by atoms with van der Waals surface area (Å²) in [6.07, 6.45) is 2.51. The molecule has 1 aliphatic rings. The predicted molar refractivity (Wildman–Crippen MR) is 93.3 cm³/mol. The molecule has 2 heterocycles. The average molecular weight is 348 g/mol. The summed E-state index contributed by atoms with van der Waals surface area (Å²) in [6.45, 7) is 2.17. The third-order valence-corrected chi connectivity index (χ3v) is 4.95. The highest BCUT2D eigenvalue weighted by Crippen LogP contribution is 2.28. The normalized spacial score (nSPS) is 19.4. The number of rotatable bonds is 3. The molecule has 21 heavy (non-hydrogen) atoms. The molecule has 0 amide bonds. The van der Waals surface area contributed by atoms with Crippen LogP contribution in [-0.4, -0.2) is 43.1 Å². The van der Waals surface area contributed by atoms with Crippen molar-refractivity contribution < 1.29 is 0 Å². The number of alkyl halides is 1. The number of halogens is 1. The fourth-order valence-electron chi connectivity index (χ4n) is 3.09. The Morgan fingerprint density at radius 1 is 1.33 bits per heavy atom. The van der Waals surface area contributed by atoms with Gasteiger partial charge in [0.15, 0.2) is 0 Å². The number of aromatic nitrogens is 1. The van der Waals surface area contributed by atoms with E-state index < -0.39 is 0 Å². The monoisotopic (exact) mass is 347 g/mol. The molecule has 1 unspecified atom stereocenters. The molecule has 1 atom stereocenters. The van der Waals surface area contributed by atoms with Gasteiger partial charge in [0.25, 0.3) is 0 Å². The Balaban J connectivity index is 1.98. The van der Waals surface area contributed by atoms with Crippen LogP contribution in [0, 0.1) is 0 Å². The zero-order valence-electron chi connectivity index (χ0n) is 12.7. The Kier molecular flexibility index (Phi) is 4.45. The highest BCUT2D eigenvalue weighted by atomic mass is 79.9. The zero-order chi connectivity index (χ0) is 14.8. The van der Waals surface area contributed by atoms with Crippen molar-refractivity contribution in [1.82, 2.24) is 9.88 Å². The van der Waals surface area contributed by atoms with Gasteiger partial charge < -0.3 is 9.80 Å². The maximum atomic E-state index is 4.94. The van der Waals surface area contributed by atoms with Gasteiger partial charge in [-0.15, -0.1) is 0 Å². The first kappa shape index (κ1) is 14.8. The fourth-order valence-corrected chi connectivity index (χ4v) is 3.50. The second-order valence-corrected chi connectivity index (χ2v) is 6.56. The van der Waals surface area contributed by atoms with Crippen LogP contribution in [0.1, 0.15) is 18.4 Å². The molecule has 0 spiro atoms. The number of piperidine rings is 1. The first-order valence-electron chi connectivity index (χ1n) is 7.55. The van der Waals surface area contributed by atoms with Crippen molar-refractivity contribution in [1.29, 1.82) is 0 Å². The highest BCUT2D eigenvalue weighted by Gasteiger charge is 2.24. The van der Waals surface area contributed by atoms with Crippen molar-refractivity contribution in [2.45, 2.75) is 24.2 Å². The van der Waals surface area contributed by atoms with E-state index in [1.54, 1.807) is 0 Å². The largest absolute Gasteiger partial charge is 0.355 e. The minimum Gasteiger partial charge on any atom is -0.355 e. The van der Waals surface area contributed by atoms with Crippen LogP contribution in [0.15, 0.2) is 30.3 Å². The third-order valence-electron chi connectivity index (χ3n) is 4.35. The van der Waals surface area contributed by atoms with E-state index in [1.165, 1.54) is 23.8 Å². The molecule has 0 bridgehead atoms. The molecule has 1 fully saturated rings. The third kappa shape index (κ3) is 3.06. The van der Waals surface area contributed by atoms with E-state index in [9.17, 15) is 0 Å². The van der Waals surface area contributed by atoms with Gasteiger partial charge in [-0.3, -0.25) is 0 Å². The molecule has 3 rings (SSSR count). The molecule has 0 radical (unpaired) electrons. The number of para-hydroxylation sites is 1. The molecule has 1 aromatic carbocycles.